The molecule has 5 nitrogen and oxygen atoms in total. The summed E-state index contributed by atoms with van der Waals surface area (Å²) in [6, 6.07) is 12.6. The van der Waals surface area contributed by atoms with Gasteiger partial charge >= 0.3 is 6.61 Å². The highest BCUT2D eigenvalue weighted by Gasteiger charge is 2.13. The molecule has 0 amide bonds. The minimum atomic E-state index is -2.91. The van der Waals surface area contributed by atoms with Crippen LogP contribution in [0.25, 0.3) is 10.6 Å². The third kappa shape index (κ3) is 4.33. The van der Waals surface area contributed by atoms with Crippen LogP contribution in [-0.4, -0.2) is 21.5 Å². The fourth-order valence-corrected chi connectivity index (χ4v) is 3.26. The van der Waals surface area contributed by atoms with Crippen LogP contribution < -0.4 is 10.3 Å². The van der Waals surface area contributed by atoms with Gasteiger partial charge in [-0.1, -0.05) is 12.1 Å². The van der Waals surface area contributed by atoms with Crippen LogP contribution in [0.4, 0.5) is 8.78 Å². The monoisotopic (exact) mass is 378 g/mol. The fraction of sp³-hybridized carbons (Fsp3) is 0.222. The average molecular weight is 378 g/mol. The maximum Gasteiger partial charge on any atom is 0.387 e. The molecule has 0 aliphatic rings. The fourth-order valence-electron chi connectivity index (χ4n) is 2.42. The summed E-state index contributed by atoms with van der Waals surface area (Å²) in [6.45, 7) is -0.973. The molecule has 0 radical (unpaired) electrons. The van der Waals surface area contributed by atoms with Gasteiger partial charge < -0.3 is 9.84 Å². The number of thiophene rings is 1. The van der Waals surface area contributed by atoms with Crippen molar-refractivity contribution in [2.24, 2.45) is 0 Å². The van der Waals surface area contributed by atoms with E-state index in [-0.39, 0.29) is 17.9 Å². The molecule has 26 heavy (non-hydrogen) atoms. The first-order valence-corrected chi connectivity index (χ1v) is 8.62. The zero-order valence-corrected chi connectivity index (χ0v) is 14.6. The number of aromatic nitrogens is 2. The summed E-state index contributed by atoms with van der Waals surface area (Å²) >= 11 is 1.56. The van der Waals surface area contributed by atoms with Gasteiger partial charge in [0.1, 0.15) is 11.4 Å². The van der Waals surface area contributed by atoms with Crippen LogP contribution in [-0.2, 0) is 6.54 Å². The molecule has 0 spiro atoms. The van der Waals surface area contributed by atoms with Crippen LogP contribution in [0.5, 0.6) is 5.75 Å². The number of aliphatic hydroxyl groups is 1. The van der Waals surface area contributed by atoms with Crippen molar-refractivity contribution in [1.82, 2.24) is 9.78 Å². The molecule has 0 saturated carbocycles. The lowest BCUT2D eigenvalue weighted by molar-refractivity contribution is -0.0498. The molecule has 0 saturated heterocycles. The van der Waals surface area contributed by atoms with Gasteiger partial charge in [-0.25, -0.2) is 4.68 Å². The van der Waals surface area contributed by atoms with Gasteiger partial charge in [-0.2, -0.15) is 13.9 Å². The largest absolute Gasteiger partial charge is 0.435 e. The first-order chi connectivity index (χ1) is 12.4. The Balaban J connectivity index is 1.78. The number of benzene rings is 1. The Morgan fingerprint density at radius 3 is 2.50 bits per heavy atom. The number of aliphatic hydroxyl groups excluding tert-OH is 1. The zero-order valence-electron chi connectivity index (χ0n) is 13.8. The Hall–Kier alpha value is -2.58. The lowest BCUT2D eigenvalue weighted by Crippen LogP contribution is -2.25. The van der Waals surface area contributed by atoms with Crippen LogP contribution in [0.2, 0.25) is 0 Å². The minimum Gasteiger partial charge on any atom is -0.435 e. The summed E-state index contributed by atoms with van der Waals surface area (Å²) in [5.41, 5.74) is 0.784. The van der Waals surface area contributed by atoms with E-state index < -0.39 is 12.7 Å². The summed E-state index contributed by atoms with van der Waals surface area (Å²) in [6.07, 6.45) is -1.01. The SMILES string of the molecule is Cc1ccc(-c2ccc(=O)n(CC(O)c3ccc(OC(F)F)cc3)n2)s1. The summed E-state index contributed by atoms with van der Waals surface area (Å²) in [7, 11) is 0. The number of halogens is 2. The van der Waals surface area contributed by atoms with Crippen molar-refractivity contribution in [1.29, 1.82) is 0 Å². The molecule has 2 aromatic heterocycles. The highest BCUT2D eigenvalue weighted by Crippen LogP contribution is 2.25. The van der Waals surface area contributed by atoms with Gasteiger partial charge in [-0.05, 0) is 42.8 Å². The minimum absolute atomic E-state index is 0.00121. The van der Waals surface area contributed by atoms with E-state index in [1.807, 2.05) is 19.1 Å². The first kappa shape index (κ1) is 18.2. The van der Waals surface area contributed by atoms with Crippen molar-refractivity contribution in [2.45, 2.75) is 26.2 Å². The maximum absolute atomic E-state index is 12.2. The van der Waals surface area contributed by atoms with Gasteiger partial charge in [-0.15, -0.1) is 11.3 Å². The Morgan fingerprint density at radius 2 is 1.88 bits per heavy atom. The number of rotatable bonds is 6. The van der Waals surface area contributed by atoms with E-state index in [2.05, 4.69) is 9.84 Å². The summed E-state index contributed by atoms with van der Waals surface area (Å²) in [5, 5.41) is 14.7. The third-order valence-electron chi connectivity index (χ3n) is 3.70. The van der Waals surface area contributed by atoms with Crippen molar-refractivity contribution in [3.8, 4) is 16.3 Å². The summed E-state index contributed by atoms with van der Waals surface area (Å²) in [4.78, 5) is 14.1. The van der Waals surface area contributed by atoms with Gasteiger partial charge in [0, 0.05) is 10.9 Å². The molecule has 1 aromatic carbocycles. The van der Waals surface area contributed by atoms with Crippen LogP contribution in [0.15, 0.2) is 53.3 Å². The number of nitrogens with zero attached hydrogens (tertiary/aromatic N) is 2. The zero-order chi connectivity index (χ0) is 18.7. The van der Waals surface area contributed by atoms with E-state index in [1.54, 1.807) is 17.4 Å². The molecule has 0 aliphatic carbocycles. The van der Waals surface area contributed by atoms with E-state index in [1.165, 1.54) is 35.0 Å². The standard InChI is InChI=1S/C18H16F2N2O3S/c1-11-2-8-16(26-11)14-7-9-17(24)22(21-14)10-15(23)12-3-5-13(6-4-12)25-18(19)20/h2-9,15,18,23H,10H2,1H3. The van der Waals surface area contributed by atoms with Gasteiger partial charge in [0.2, 0.25) is 0 Å². The van der Waals surface area contributed by atoms with E-state index in [9.17, 15) is 18.7 Å². The average Bonchev–Trinajstić information content (AvgIpc) is 3.03. The molecule has 136 valence electrons. The molecule has 0 bridgehead atoms. The van der Waals surface area contributed by atoms with Gasteiger partial charge in [0.15, 0.2) is 0 Å². The Kier molecular flexibility index (Phi) is 5.43. The second kappa shape index (κ2) is 7.76. The number of ether oxygens (including phenoxy) is 1. The van der Waals surface area contributed by atoms with E-state index in [0.29, 0.717) is 11.3 Å². The molecule has 1 N–H and O–H groups in total. The highest BCUT2D eigenvalue weighted by atomic mass is 32.1. The van der Waals surface area contributed by atoms with Crippen LogP contribution in [0.1, 0.15) is 16.5 Å². The molecular weight excluding hydrogens is 362 g/mol. The molecule has 1 atom stereocenters. The molecule has 8 heteroatoms. The third-order valence-corrected chi connectivity index (χ3v) is 4.72. The van der Waals surface area contributed by atoms with Crippen molar-refractivity contribution < 1.29 is 18.6 Å². The smallest absolute Gasteiger partial charge is 0.387 e. The maximum atomic E-state index is 12.2. The number of alkyl halides is 2. The molecule has 0 fully saturated rings. The topological polar surface area (TPSA) is 64.4 Å². The Labute approximate surface area is 152 Å². The van der Waals surface area contributed by atoms with Gasteiger partial charge in [-0.3, -0.25) is 4.79 Å². The number of hydrogen-bond acceptors (Lipinski definition) is 5. The van der Waals surface area contributed by atoms with Crippen LogP contribution >= 0.6 is 11.3 Å². The van der Waals surface area contributed by atoms with E-state index in [4.69, 9.17) is 0 Å². The summed E-state index contributed by atoms with van der Waals surface area (Å²) in [5.74, 6) is 0.00121. The molecule has 0 aliphatic heterocycles. The van der Waals surface area contributed by atoms with Crippen molar-refractivity contribution >= 4 is 11.3 Å². The molecule has 1 unspecified atom stereocenters. The van der Waals surface area contributed by atoms with E-state index in [0.717, 1.165) is 9.75 Å². The van der Waals surface area contributed by atoms with Gasteiger partial charge in [0.05, 0.1) is 17.5 Å². The molecular formula is C18H16F2N2O3S. The normalized spacial score (nSPS) is 12.3. The van der Waals surface area contributed by atoms with Crippen LogP contribution in [0, 0.1) is 6.92 Å². The molecule has 3 aromatic rings. The second-order valence-corrected chi connectivity index (χ2v) is 6.90. The Morgan fingerprint density at radius 1 is 1.15 bits per heavy atom. The van der Waals surface area contributed by atoms with E-state index >= 15 is 0 Å². The lowest BCUT2D eigenvalue weighted by Gasteiger charge is -2.13. The molecule has 2 heterocycles. The Bertz CT molecular complexity index is 938. The van der Waals surface area contributed by atoms with Crippen molar-refractivity contribution in [3.05, 3.63) is 69.3 Å². The molecule has 3 rings (SSSR count). The van der Waals surface area contributed by atoms with Crippen LogP contribution in [0.3, 0.4) is 0 Å². The van der Waals surface area contributed by atoms with Crippen molar-refractivity contribution in [2.75, 3.05) is 0 Å². The van der Waals surface area contributed by atoms with Crippen molar-refractivity contribution in [3.63, 3.8) is 0 Å². The number of aryl methyl sites for hydroxylation is 1. The summed E-state index contributed by atoms with van der Waals surface area (Å²) < 4.78 is 29.8. The first-order valence-electron chi connectivity index (χ1n) is 7.80. The van der Waals surface area contributed by atoms with Gasteiger partial charge in [0.25, 0.3) is 5.56 Å². The predicted octanol–water partition coefficient (Wildman–Crippen LogP) is 3.62. The number of hydrogen-bond donors (Lipinski definition) is 1. The lowest BCUT2D eigenvalue weighted by atomic mass is 10.1. The predicted molar refractivity (Wildman–Crippen MR) is 94.6 cm³/mol. The highest BCUT2D eigenvalue weighted by molar-refractivity contribution is 7.15. The second-order valence-electron chi connectivity index (χ2n) is 5.61. The quantitative estimate of drug-likeness (QED) is 0.712.